The SMILES string of the molecule is COc1ccc([C@H](c2nnnn2C(C)(C)C)[NH+]2CC[NH+](C3CCCCC3)CC2)cc1. The summed E-state index contributed by atoms with van der Waals surface area (Å²) in [6, 6.07) is 9.47. The van der Waals surface area contributed by atoms with Crippen LogP contribution in [0.3, 0.4) is 0 Å². The van der Waals surface area contributed by atoms with Crippen LogP contribution in [0.2, 0.25) is 0 Å². The van der Waals surface area contributed by atoms with Crippen molar-refractivity contribution in [1.82, 2.24) is 20.2 Å². The summed E-state index contributed by atoms with van der Waals surface area (Å²) in [6.45, 7) is 11.3. The molecule has 0 radical (unpaired) electrons. The van der Waals surface area contributed by atoms with Crippen molar-refractivity contribution in [3.8, 4) is 5.75 Å². The van der Waals surface area contributed by atoms with E-state index in [2.05, 4.69) is 60.6 Å². The van der Waals surface area contributed by atoms with Crippen LogP contribution in [0.4, 0.5) is 0 Å². The summed E-state index contributed by atoms with van der Waals surface area (Å²) in [5.74, 6) is 1.85. The highest BCUT2D eigenvalue weighted by Gasteiger charge is 2.39. The van der Waals surface area contributed by atoms with E-state index in [1.165, 1.54) is 50.8 Å². The lowest BCUT2D eigenvalue weighted by Crippen LogP contribution is -3.29. The smallest absolute Gasteiger partial charge is 0.214 e. The molecule has 30 heavy (non-hydrogen) atoms. The van der Waals surface area contributed by atoms with E-state index in [1.54, 1.807) is 12.0 Å². The molecule has 0 unspecified atom stereocenters. The molecule has 2 fully saturated rings. The van der Waals surface area contributed by atoms with Gasteiger partial charge in [0.05, 0.1) is 18.7 Å². The van der Waals surface area contributed by atoms with Crippen LogP contribution in [0, 0.1) is 0 Å². The third-order valence-electron chi connectivity index (χ3n) is 6.96. The second kappa shape index (κ2) is 9.02. The minimum atomic E-state index is -0.155. The number of hydrogen-bond acceptors (Lipinski definition) is 4. The lowest BCUT2D eigenvalue weighted by molar-refractivity contribution is -1.03. The summed E-state index contributed by atoms with van der Waals surface area (Å²) in [5, 5.41) is 13.0. The average Bonchev–Trinajstić information content (AvgIpc) is 3.26. The number of quaternary nitrogens is 2. The van der Waals surface area contributed by atoms with Gasteiger partial charge in [-0.3, -0.25) is 0 Å². The van der Waals surface area contributed by atoms with Crippen LogP contribution in [-0.4, -0.2) is 59.5 Å². The molecule has 164 valence electrons. The number of tetrazole rings is 1. The summed E-state index contributed by atoms with van der Waals surface area (Å²) in [4.78, 5) is 3.39. The molecule has 1 atom stereocenters. The molecule has 2 N–H and O–H groups in total. The van der Waals surface area contributed by atoms with E-state index < -0.39 is 0 Å². The molecule has 1 saturated heterocycles. The Labute approximate surface area is 180 Å². The summed E-state index contributed by atoms with van der Waals surface area (Å²) >= 11 is 0. The van der Waals surface area contributed by atoms with Crippen molar-refractivity contribution in [1.29, 1.82) is 0 Å². The van der Waals surface area contributed by atoms with Crippen LogP contribution in [0.1, 0.15) is 70.3 Å². The molecule has 1 aromatic heterocycles. The highest BCUT2D eigenvalue weighted by Crippen LogP contribution is 2.24. The van der Waals surface area contributed by atoms with Gasteiger partial charge in [-0.25, -0.2) is 4.68 Å². The zero-order chi connectivity index (χ0) is 21.1. The predicted octanol–water partition coefficient (Wildman–Crippen LogP) is 0.642. The van der Waals surface area contributed by atoms with Gasteiger partial charge in [0, 0.05) is 5.56 Å². The summed E-state index contributed by atoms with van der Waals surface area (Å²) < 4.78 is 7.40. The van der Waals surface area contributed by atoms with Gasteiger partial charge >= 0.3 is 0 Å². The van der Waals surface area contributed by atoms with Gasteiger partial charge in [0.2, 0.25) is 5.82 Å². The Morgan fingerprint density at radius 3 is 2.27 bits per heavy atom. The lowest BCUT2D eigenvalue weighted by atomic mass is 9.93. The minimum Gasteiger partial charge on any atom is -0.497 e. The van der Waals surface area contributed by atoms with E-state index in [1.807, 2.05) is 9.58 Å². The Morgan fingerprint density at radius 2 is 1.67 bits per heavy atom. The second-order valence-corrected chi connectivity index (χ2v) is 9.98. The highest BCUT2D eigenvalue weighted by atomic mass is 16.5. The molecule has 4 rings (SSSR count). The largest absolute Gasteiger partial charge is 0.497 e. The molecule has 0 spiro atoms. The zero-order valence-electron chi connectivity index (χ0n) is 19.0. The van der Waals surface area contributed by atoms with Gasteiger partial charge in [-0.1, -0.05) is 6.42 Å². The van der Waals surface area contributed by atoms with Crippen molar-refractivity contribution in [2.75, 3.05) is 33.3 Å². The summed E-state index contributed by atoms with van der Waals surface area (Å²) in [7, 11) is 1.71. The van der Waals surface area contributed by atoms with Gasteiger partial charge in [0.1, 0.15) is 31.9 Å². The maximum Gasteiger partial charge on any atom is 0.214 e. The maximum atomic E-state index is 5.39. The van der Waals surface area contributed by atoms with Crippen molar-refractivity contribution >= 4 is 0 Å². The summed E-state index contributed by atoms with van der Waals surface area (Å²) in [5.41, 5.74) is 1.10. The molecule has 7 nitrogen and oxygen atoms in total. The number of ether oxygens (including phenoxy) is 1. The average molecular weight is 415 g/mol. The Kier molecular flexibility index (Phi) is 6.39. The Morgan fingerprint density at radius 1 is 1.00 bits per heavy atom. The fraction of sp³-hybridized carbons (Fsp3) is 0.696. The van der Waals surface area contributed by atoms with Crippen LogP contribution in [-0.2, 0) is 5.54 Å². The topological polar surface area (TPSA) is 61.7 Å². The van der Waals surface area contributed by atoms with Crippen LogP contribution >= 0.6 is 0 Å². The number of rotatable bonds is 5. The van der Waals surface area contributed by atoms with E-state index in [0.717, 1.165) is 30.7 Å². The molecule has 1 aliphatic carbocycles. The summed E-state index contributed by atoms with van der Waals surface area (Å²) in [6.07, 6.45) is 7.08. The Hall–Kier alpha value is -1.99. The van der Waals surface area contributed by atoms with Crippen LogP contribution < -0.4 is 14.5 Å². The van der Waals surface area contributed by atoms with E-state index in [4.69, 9.17) is 4.74 Å². The van der Waals surface area contributed by atoms with Gasteiger partial charge < -0.3 is 14.5 Å². The zero-order valence-corrected chi connectivity index (χ0v) is 19.0. The number of methoxy groups -OCH3 is 1. The normalized spacial score (nSPS) is 24.5. The molecule has 1 saturated carbocycles. The molecule has 1 aromatic carbocycles. The molecular weight excluding hydrogens is 376 g/mol. The Bertz CT molecular complexity index is 798. The maximum absolute atomic E-state index is 5.39. The first kappa shape index (κ1) is 21.2. The third-order valence-corrected chi connectivity index (χ3v) is 6.96. The molecule has 2 aliphatic rings. The van der Waals surface area contributed by atoms with Crippen molar-refractivity contribution in [3.05, 3.63) is 35.7 Å². The van der Waals surface area contributed by atoms with Crippen molar-refractivity contribution in [3.63, 3.8) is 0 Å². The predicted molar refractivity (Wildman–Crippen MR) is 116 cm³/mol. The molecule has 2 heterocycles. The quantitative estimate of drug-likeness (QED) is 0.754. The first-order chi connectivity index (χ1) is 14.5. The van der Waals surface area contributed by atoms with Crippen LogP contribution in [0.15, 0.2) is 24.3 Å². The number of hydrogen-bond donors (Lipinski definition) is 2. The number of nitrogens with one attached hydrogen (secondary N) is 2. The monoisotopic (exact) mass is 414 g/mol. The lowest BCUT2D eigenvalue weighted by Gasteiger charge is -2.39. The first-order valence-electron chi connectivity index (χ1n) is 11.6. The molecule has 2 aromatic rings. The van der Waals surface area contributed by atoms with Crippen LogP contribution in [0.25, 0.3) is 0 Å². The number of benzene rings is 1. The van der Waals surface area contributed by atoms with Gasteiger partial charge in [-0.2, -0.15) is 0 Å². The van der Waals surface area contributed by atoms with Gasteiger partial charge in [0.15, 0.2) is 6.04 Å². The van der Waals surface area contributed by atoms with E-state index >= 15 is 0 Å². The van der Waals surface area contributed by atoms with Crippen molar-refractivity contribution in [2.45, 2.75) is 70.5 Å². The van der Waals surface area contributed by atoms with Crippen molar-refractivity contribution in [2.24, 2.45) is 0 Å². The molecule has 7 heteroatoms. The number of nitrogens with zero attached hydrogens (tertiary/aromatic N) is 4. The Balaban J connectivity index is 1.59. The van der Waals surface area contributed by atoms with Crippen molar-refractivity contribution < 1.29 is 14.5 Å². The van der Waals surface area contributed by atoms with Gasteiger partial charge in [-0.05, 0) is 81.1 Å². The van der Waals surface area contributed by atoms with E-state index in [-0.39, 0.29) is 11.6 Å². The fourth-order valence-corrected chi connectivity index (χ4v) is 5.32. The highest BCUT2D eigenvalue weighted by molar-refractivity contribution is 5.30. The number of piperazine rings is 1. The first-order valence-corrected chi connectivity index (χ1v) is 11.6. The van der Waals surface area contributed by atoms with Crippen LogP contribution in [0.5, 0.6) is 5.75 Å². The van der Waals surface area contributed by atoms with E-state index in [0.29, 0.717) is 0 Å². The second-order valence-electron chi connectivity index (χ2n) is 9.98. The van der Waals surface area contributed by atoms with Gasteiger partial charge in [-0.15, -0.1) is 5.10 Å². The minimum absolute atomic E-state index is 0.137. The fourth-order valence-electron chi connectivity index (χ4n) is 5.32. The standard InChI is InChI=1S/C23H36N6O/c1-23(2,3)29-22(24-25-26-29)21(18-10-12-20(30-4)13-11-18)28-16-14-27(15-17-28)19-8-6-5-7-9-19/h10-13,19,21H,5-9,14-17H2,1-4H3/p+2/t21-/m1/s1. The number of aromatic nitrogens is 4. The molecule has 0 amide bonds. The third kappa shape index (κ3) is 4.52. The molecule has 1 aliphatic heterocycles. The van der Waals surface area contributed by atoms with Gasteiger partial charge in [0.25, 0.3) is 0 Å². The molecular formula is C23H38N6O+2. The van der Waals surface area contributed by atoms with E-state index in [9.17, 15) is 0 Å². The molecule has 0 bridgehead atoms.